The molecule has 0 saturated heterocycles. The molecule has 0 unspecified atom stereocenters. The molecule has 0 radical (unpaired) electrons. The van der Waals surface area contributed by atoms with Crippen LogP contribution < -0.4 is 5.32 Å². The first-order valence-electron chi connectivity index (χ1n) is 5.37. The molecule has 0 heterocycles. The fraction of sp³-hybridized carbons (Fsp3) is 0.250. The van der Waals surface area contributed by atoms with Gasteiger partial charge in [0.15, 0.2) is 0 Å². The second kappa shape index (κ2) is 6.51. The number of nitrogens with one attached hydrogen (secondary N) is 1. The summed E-state index contributed by atoms with van der Waals surface area (Å²) in [6, 6.07) is 5.84. The van der Waals surface area contributed by atoms with Gasteiger partial charge in [0.1, 0.15) is 0 Å². The first-order valence-corrected chi connectivity index (χ1v) is 5.37. The number of hydrogen-bond acceptors (Lipinski definition) is 4. The Morgan fingerprint density at radius 1 is 1.50 bits per heavy atom. The molecular formula is C12H14N2O4. The number of nitro benzene ring substituents is 1. The molecular weight excluding hydrogens is 236 g/mol. The number of amides is 1. The Labute approximate surface area is 104 Å². The van der Waals surface area contributed by atoms with Crippen molar-refractivity contribution >= 4 is 17.7 Å². The number of aliphatic hydroxyl groups excluding tert-OH is 1. The van der Waals surface area contributed by atoms with E-state index in [2.05, 4.69) is 5.32 Å². The van der Waals surface area contributed by atoms with E-state index in [1.54, 1.807) is 25.1 Å². The maximum absolute atomic E-state index is 11.3. The van der Waals surface area contributed by atoms with Crippen molar-refractivity contribution in [3.8, 4) is 0 Å². The third-order valence-corrected chi connectivity index (χ3v) is 2.10. The van der Waals surface area contributed by atoms with Crippen molar-refractivity contribution in [1.82, 2.24) is 5.32 Å². The Bertz CT molecular complexity index is 452. The second-order valence-electron chi connectivity index (χ2n) is 3.78. The average molecular weight is 250 g/mol. The van der Waals surface area contributed by atoms with Gasteiger partial charge in [-0.25, -0.2) is 0 Å². The van der Waals surface area contributed by atoms with E-state index in [1.165, 1.54) is 18.2 Å². The number of benzene rings is 1. The zero-order valence-corrected chi connectivity index (χ0v) is 9.87. The zero-order valence-electron chi connectivity index (χ0n) is 9.87. The number of hydrogen-bond donors (Lipinski definition) is 2. The highest BCUT2D eigenvalue weighted by Crippen LogP contribution is 2.12. The molecule has 96 valence electrons. The SMILES string of the molecule is C[C@H](O)CNC(=O)/C=C/c1ccc([N+](=O)[O-])cc1. The number of nitrogens with zero attached hydrogens (tertiary/aromatic N) is 1. The molecule has 1 rings (SSSR count). The van der Waals surface area contributed by atoms with Gasteiger partial charge in [0.2, 0.25) is 5.91 Å². The van der Waals surface area contributed by atoms with Gasteiger partial charge >= 0.3 is 0 Å². The topological polar surface area (TPSA) is 92.5 Å². The summed E-state index contributed by atoms with van der Waals surface area (Å²) in [6.45, 7) is 1.75. The van der Waals surface area contributed by atoms with Crippen LogP contribution in [-0.4, -0.2) is 28.6 Å². The van der Waals surface area contributed by atoms with Crippen molar-refractivity contribution in [2.75, 3.05) is 6.54 Å². The highest BCUT2D eigenvalue weighted by molar-refractivity contribution is 5.91. The van der Waals surface area contributed by atoms with Crippen LogP contribution in [0.25, 0.3) is 6.08 Å². The highest BCUT2D eigenvalue weighted by Gasteiger charge is 2.02. The molecule has 1 aromatic rings. The Balaban J connectivity index is 2.56. The van der Waals surface area contributed by atoms with E-state index in [-0.39, 0.29) is 18.1 Å². The second-order valence-corrected chi connectivity index (χ2v) is 3.78. The van der Waals surface area contributed by atoms with E-state index in [4.69, 9.17) is 5.11 Å². The molecule has 0 aliphatic heterocycles. The summed E-state index contributed by atoms with van der Waals surface area (Å²) in [5.74, 6) is -0.325. The molecule has 0 fully saturated rings. The maximum atomic E-state index is 11.3. The van der Waals surface area contributed by atoms with Gasteiger partial charge in [-0.1, -0.05) is 0 Å². The monoisotopic (exact) mass is 250 g/mol. The van der Waals surface area contributed by atoms with Crippen LogP contribution >= 0.6 is 0 Å². The molecule has 1 atom stereocenters. The van der Waals surface area contributed by atoms with E-state index in [0.29, 0.717) is 5.56 Å². The summed E-state index contributed by atoms with van der Waals surface area (Å²) in [5, 5.41) is 21.9. The molecule has 0 bridgehead atoms. The Morgan fingerprint density at radius 3 is 2.61 bits per heavy atom. The quantitative estimate of drug-likeness (QED) is 0.465. The summed E-state index contributed by atoms with van der Waals surface area (Å²) in [6.07, 6.45) is 2.26. The Kier molecular flexibility index (Phi) is 5.01. The van der Waals surface area contributed by atoms with Crippen molar-refractivity contribution in [2.24, 2.45) is 0 Å². The number of non-ortho nitro benzene ring substituents is 1. The minimum Gasteiger partial charge on any atom is -0.392 e. The molecule has 0 aromatic heterocycles. The van der Waals surface area contributed by atoms with E-state index < -0.39 is 11.0 Å². The molecule has 0 spiro atoms. The molecule has 6 nitrogen and oxygen atoms in total. The predicted octanol–water partition coefficient (Wildman–Crippen LogP) is 1.11. The van der Waals surface area contributed by atoms with Crippen LogP contribution in [0.3, 0.4) is 0 Å². The smallest absolute Gasteiger partial charge is 0.269 e. The maximum Gasteiger partial charge on any atom is 0.269 e. The number of nitro groups is 1. The molecule has 2 N–H and O–H groups in total. The first kappa shape index (κ1) is 13.9. The molecule has 0 aliphatic rings. The Hall–Kier alpha value is -2.21. The average Bonchev–Trinajstić information content (AvgIpc) is 2.34. The third kappa shape index (κ3) is 4.75. The number of aliphatic hydroxyl groups is 1. The van der Waals surface area contributed by atoms with Crippen LogP contribution in [0.2, 0.25) is 0 Å². The molecule has 1 aromatic carbocycles. The van der Waals surface area contributed by atoms with Crippen LogP contribution in [0.4, 0.5) is 5.69 Å². The van der Waals surface area contributed by atoms with E-state index in [0.717, 1.165) is 0 Å². The summed E-state index contributed by atoms with van der Waals surface area (Å²) < 4.78 is 0. The van der Waals surface area contributed by atoms with Crippen LogP contribution in [0.5, 0.6) is 0 Å². The van der Waals surface area contributed by atoms with E-state index in [1.807, 2.05) is 0 Å². The van der Waals surface area contributed by atoms with Gasteiger partial charge in [-0.2, -0.15) is 0 Å². The van der Waals surface area contributed by atoms with Gasteiger partial charge in [-0.05, 0) is 30.7 Å². The summed E-state index contributed by atoms with van der Waals surface area (Å²) in [5.41, 5.74) is 0.693. The molecule has 1 amide bonds. The standard InChI is InChI=1S/C12H14N2O4/c1-9(15)8-13-12(16)7-4-10-2-5-11(6-3-10)14(17)18/h2-7,9,15H,8H2,1H3,(H,13,16)/b7-4+/t9-/m0/s1. The minimum atomic E-state index is -0.596. The van der Waals surface area contributed by atoms with Crippen LogP contribution in [-0.2, 0) is 4.79 Å². The minimum absolute atomic E-state index is 0.00528. The summed E-state index contributed by atoms with van der Waals surface area (Å²) >= 11 is 0. The normalized spacial score (nSPS) is 12.3. The lowest BCUT2D eigenvalue weighted by Crippen LogP contribution is -2.28. The van der Waals surface area contributed by atoms with Gasteiger partial charge in [-0.3, -0.25) is 14.9 Å². The number of carbonyl (C=O) groups is 1. The van der Waals surface area contributed by atoms with Crippen LogP contribution in [0.15, 0.2) is 30.3 Å². The third-order valence-electron chi connectivity index (χ3n) is 2.10. The number of rotatable bonds is 5. The first-order chi connectivity index (χ1) is 8.49. The van der Waals surface area contributed by atoms with Crippen molar-refractivity contribution < 1.29 is 14.8 Å². The fourth-order valence-electron chi connectivity index (χ4n) is 1.19. The van der Waals surface area contributed by atoms with Gasteiger partial charge < -0.3 is 10.4 Å². The van der Waals surface area contributed by atoms with Gasteiger partial charge in [0.05, 0.1) is 11.0 Å². The van der Waals surface area contributed by atoms with Crippen molar-refractivity contribution in [3.63, 3.8) is 0 Å². The molecule has 0 aliphatic carbocycles. The van der Waals surface area contributed by atoms with Gasteiger partial charge in [-0.15, -0.1) is 0 Å². The largest absolute Gasteiger partial charge is 0.392 e. The fourth-order valence-corrected chi connectivity index (χ4v) is 1.19. The predicted molar refractivity (Wildman–Crippen MR) is 66.8 cm³/mol. The van der Waals surface area contributed by atoms with Crippen LogP contribution in [0, 0.1) is 10.1 Å². The zero-order chi connectivity index (χ0) is 13.5. The summed E-state index contributed by atoms with van der Waals surface area (Å²) in [7, 11) is 0. The van der Waals surface area contributed by atoms with Crippen molar-refractivity contribution in [3.05, 3.63) is 46.0 Å². The Morgan fingerprint density at radius 2 is 2.11 bits per heavy atom. The van der Waals surface area contributed by atoms with E-state index in [9.17, 15) is 14.9 Å². The highest BCUT2D eigenvalue weighted by atomic mass is 16.6. The molecule has 18 heavy (non-hydrogen) atoms. The lowest BCUT2D eigenvalue weighted by molar-refractivity contribution is -0.384. The van der Waals surface area contributed by atoms with Gasteiger partial charge in [0.25, 0.3) is 5.69 Å². The lowest BCUT2D eigenvalue weighted by Gasteiger charge is -2.03. The van der Waals surface area contributed by atoms with Crippen LogP contribution in [0.1, 0.15) is 12.5 Å². The van der Waals surface area contributed by atoms with Crippen molar-refractivity contribution in [2.45, 2.75) is 13.0 Å². The molecule has 0 saturated carbocycles. The van der Waals surface area contributed by atoms with E-state index >= 15 is 0 Å². The van der Waals surface area contributed by atoms with Gasteiger partial charge in [0, 0.05) is 24.8 Å². The lowest BCUT2D eigenvalue weighted by atomic mass is 10.2. The number of carbonyl (C=O) groups excluding carboxylic acids is 1. The van der Waals surface area contributed by atoms with Crippen molar-refractivity contribution in [1.29, 1.82) is 0 Å². The molecule has 6 heteroatoms. The summed E-state index contributed by atoms with van der Waals surface area (Å²) in [4.78, 5) is 21.2.